The van der Waals surface area contributed by atoms with Crippen molar-refractivity contribution in [2.45, 2.75) is 5.92 Å². The molecule has 0 saturated carbocycles. The van der Waals surface area contributed by atoms with E-state index in [1.165, 1.54) is 12.1 Å². The van der Waals surface area contributed by atoms with Crippen LogP contribution >= 0.6 is 27.5 Å². The zero-order chi connectivity index (χ0) is 20.0. The molecule has 28 heavy (non-hydrogen) atoms. The van der Waals surface area contributed by atoms with E-state index < -0.39 is 16.8 Å². The van der Waals surface area contributed by atoms with Crippen LogP contribution in [0.15, 0.2) is 53.0 Å². The zero-order valence-electron chi connectivity index (χ0n) is 14.1. The molecule has 1 heterocycles. The number of halogens is 2. The number of fused-ring (bicyclic) bond motifs is 2. The monoisotopic (exact) mass is 455 g/mol. The number of rotatable bonds is 2. The van der Waals surface area contributed by atoms with Gasteiger partial charge in [0, 0.05) is 22.0 Å². The van der Waals surface area contributed by atoms with Crippen molar-refractivity contribution in [1.82, 2.24) is 0 Å². The molecule has 6 nitrogen and oxygen atoms in total. The lowest BCUT2D eigenvalue weighted by Gasteiger charge is -2.30. The van der Waals surface area contributed by atoms with Crippen LogP contribution in [-0.4, -0.2) is 10.8 Å². The van der Waals surface area contributed by atoms with Crippen molar-refractivity contribution in [3.8, 4) is 11.8 Å². The van der Waals surface area contributed by atoms with E-state index in [9.17, 15) is 15.4 Å². The predicted octanol–water partition coefficient (Wildman–Crippen LogP) is 5.81. The zero-order valence-corrected chi connectivity index (χ0v) is 16.5. The van der Waals surface area contributed by atoms with Gasteiger partial charge >= 0.3 is 0 Å². The summed E-state index contributed by atoms with van der Waals surface area (Å²) in [6, 6.07) is 16.0. The van der Waals surface area contributed by atoms with Gasteiger partial charge in [-0.2, -0.15) is 5.26 Å². The average molecular weight is 457 g/mol. The van der Waals surface area contributed by atoms with Crippen LogP contribution in [0.1, 0.15) is 17.0 Å². The summed E-state index contributed by atoms with van der Waals surface area (Å²) in [6.45, 7) is 0. The minimum absolute atomic E-state index is 0.0204. The molecule has 138 valence electrons. The second kappa shape index (κ2) is 6.89. The number of benzene rings is 3. The summed E-state index contributed by atoms with van der Waals surface area (Å²) in [6.07, 6.45) is 0. The summed E-state index contributed by atoms with van der Waals surface area (Å²) >= 11 is 9.40. The molecule has 0 amide bonds. The first-order chi connectivity index (χ1) is 13.4. The molecule has 0 aliphatic carbocycles. The molecule has 0 radical (unpaired) electrons. The first-order valence-corrected chi connectivity index (χ1v) is 9.39. The second-order valence-corrected chi connectivity index (χ2v) is 7.72. The summed E-state index contributed by atoms with van der Waals surface area (Å²) < 4.78 is 6.52. The Bertz CT molecular complexity index is 1210. The van der Waals surface area contributed by atoms with Gasteiger partial charge in [-0.25, -0.2) is 0 Å². The number of ether oxygens (including phenoxy) is 1. The van der Waals surface area contributed by atoms with Crippen LogP contribution < -0.4 is 4.74 Å². The maximum Gasteiger partial charge on any atom is 0.288 e. The highest BCUT2D eigenvalue weighted by Gasteiger charge is 2.38. The van der Waals surface area contributed by atoms with Crippen molar-refractivity contribution in [3.05, 3.63) is 79.3 Å². The van der Waals surface area contributed by atoms with E-state index in [1.807, 2.05) is 30.3 Å². The van der Waals surface area contributed by atoms with Crippen LogP contribution in [0.5, 0.6) is 5.75 Å². The van der Waals surface area contributed by atoms with E-state index in [0.29, 0.717) is 16.9 Å². The molecule has 1 aliphatic rings. The first kappa shape index (κ1) is 18.4. The van der Waals surface area contributed by atoms with Gasteiger partial charge in [-0.3, -0.25) is 15.5 Å². The van der Waals surface area contributed by atoms with Gasteiger partial charge in [0.05, 0.1) is 11.0 Å². The standard InChI is InChI=1S/C20H11BrClN3O3/c21-13-3-1-10-8-18-14(6-12(10)5-13)19(15(9-23)20(24)28-18)11-2-4-16(22)17(7-11)25(26)27/h1-8,15,19,24H. The van der Waals surface area contributed by atoms with E-state index in [2.05, 4.69) is 22.0 Å². The van der Waals surface area contributed by atoms with E-state index in [4.69, 9.17) is 21.7 Å². The van der Waals surface area contributed by atoms with E-state index in [1.54, 1.807) is 6.07 Å². The number of nitro benzene ring substituents is 1. The van der Waals surface area contributed by atoms with E-state index >= 15 is 0 Å². The molecule has 2 atom stereocenters. The maximum atomic E-state index is 11.3. The average Bonchev–Trinajstić information content (AvgIpc) is 2.66. The fraction of sp³-hybridized carbons (Fsp3) is 0.100. The third-order valence-corrected chi connectivity index (χ3v) is 5.58. The van der Waals surface area contributed by atoms with Crippen molar-refractivity contribution >= 4 is 49.9 Å². The molecule has 2 unspecified atom stereocenters. The Hall–Kier alpha value is -2.95. The number of nitrogens with one attached hydrogen (secondary N) is 1. The molecule has 4 rings (SSSR count). The van der Waals surface area contributed by atoms with Gasteiger partial charge in [0.2, 0.25) is 5.90 Å². The topological polar surface area (TPSA) is 100 Å². The van der Waals surface area contributed by atoms with Crippen LogP contribution in [0.3, 0.4) is 0 Å². The summed E-state index contributed by atoms with van der Waals surface area (Å²) in [5, 5.41) is 31.0. The lowest BCUT2D eigenvalue weighted by atomic mass is 9.78. The summed E-state index contributed by atoms with van der Waals surface area (Å²) in [7, 11) is 0. The molecule has 0 aromatic heterocycles. The van der Waals surface area contributed by atoms with Crippen molar-refractivity contribution in [2.24, 2.45) is 5.92 Å². The SMILES string of the molecule is N#CC1C(=N)Oc2cc3ccc(Br)cc3cc2C1c1ccc(Cl)c([N+](=O)[O-])c1. The molecule has 1 aliphatic heterocycles. The van der Waals surface area contributed by atoms with Crippen molar-refractivity contribution in [3.63, 3.8) is 0 Å². The van der Waals surface area contributed by atoms with Crippen molar-refractivity contribution in [2.75, 3.05) is 0 Å². The second-order valence-electron chi connectivity index (χ2n) is 6.40. The molecule has 0 spiro atoms. The highest BCUT2D eigenvalue weighted by molar-refractivity contribution is 9.10. The Morgan fingerprint density at radius 2 is 1.96 bits per heavy atom. The van der Waals surface area contributed by atoms with Gasteiger partial charge in [-0.1, -0.05) is 39.7 Å². The highest BCUT2D eigenvalue weighted by atomic mass is 79.9. The first-order valence-electron chi connectivity index (χ1n) is 8.22. The van der Waals surface area contributed by atoms with Gasteiger partial charge in [-0.05, 0) is 46.7 Å². The van der Waals surface area contributed by atoms with Gasteiger partial charge < -0.3 is 4.74 Å². The van der Waals surface area contributed by atoms with Gasteiger partial charge in [0.15, 0.2) is 0 Å². The summed E-state index contributed by atoms with van der Waals surface area (Å²) in [5.74, 6) is -1.21. The normalized spacial score (nSPS) is 18.2. The lowest BCUT2D eigenvalue weighted by molar-refractivity contribution is -0.384. The minimum Gasteiger partial charge on any atom is -0.442 e. The van der Waals surface area contributed by atoms with Gasteiger partial charge in [-0.15, -0.1) is 0 Å². The number of hydrogen-bond donors (Lipinski definition) is 1. The maximum absolute atomic E-state index is 11.3. The molecular formula is C20H11BrClN3O3. The number of hydrogen-bond acceptors (Lipinski definition) is 5. The molecule has 8 heteroatoms. The molecule has 1 N–H and O–H groups in total. The van der Waals surface area contributed by atoms with Gasteiger partial charge in [0.25, 0.3) is 5.69 Å². The fourth-order valence-electron chi connectivity index (χ4n) is 3.48. The van der Waals surface area contributed by atoms with Crippen LogP contribution in [0, 0.1) is 32.8 Å². The number of nitrogens with zero attached hydrogens (tertiary/aromatic N) is 2. The Morgan fingerprint density at radius 3 is 2.68 bits per heavy atom. The molecule has 0 bridgehead atoms. The lowest BCUT2D eigenvalue weighted by Crippen LogP contribution is -2.31. The molecule has 0 fully saturated rings. The Balaban J connectivity index is 1.98. The van der Waals surface area contributed by atoms with Crippen LogP contribution in [0.2, 0.25) is 5.02 Å². The van der Waals surface area contributed by atoms with E-state index in [-0.39, 0.29) is 16.6 Å². The smallest absolute Gasteiger partial charge is 0.288 e. The highest BCUT2D eigenvalue weighted by Crippen LogP contribution is 2.45. The van der Waals surface area contributed by atoms with Crippen molar-refractivity contribution in [1.29, 1.82) is 10.7 Å². The Morgan fingerprint density at radius 1 is 1.18 bits per heavy atom. The van der Waals surface area contributed by atoms with E-state index in [0.717, 1.165) is 15.2 Å². The Kier molecular flexibility index (Phi) is 4.53. The van der Waals surface area contributed by atoms with Crippen LogP contribution in [0.4, 0.5) is 5.69 Å². The van der Waals surface area contributed by atoms with Gasteiger partial charge in [0.1, 0.15) is 16.7 Å². The molecule has 0 saturated heterocycles. The number of nitro groups is 1. The fourth-order valence-corrected chi connectivity index (χ4v) is 4.04. The van der Waals surface area contributed by atoms with Crippen LogP contribution in [-0.2, 0) is 0 Å². The van der Waals surface area contributed by atoms with Crippen LogP contribution in [0.25, 0.3) is 10.8 Å². The third-order valence-electron chi connectivity index (χ3n) is 4.77. The largest absolute Gasteiger partial charge is 0.442 e. The number of nitriles is 1. The van der Waals surface area contributed by atoms with Crippen molar-refractivity contribution < 1.29 is 9.66 Å². The third kappa shape index (κ3) is 3.01. The minimum atomic E-state index is -0.905. The summed E-state index contributed by atoms with van der Waals surface area (Å²) in [4.78, 5) is 10.8. The molecule has 3 aromatic carbocycles. The summed E-state index contributed by atoms with van der Waals surface area (Å²) in [5.41, 5.74) is 0.995. The quantitative estimate of drug-likeness (QED) is 0.389. The predicted molar refractivity (Wildman–Crippen MR) is 109 cm³/mol. The molecule has 3 aromatic rings. The Labute approximate surface area is 173 Å². The molecular weight excluding hydrogens is 446 g/mol.